The van der Waals surface area contributed by atoms with Gasteiger partial charge in [0.05, 0.1) is 4.90 Å². The van der Waals surface area contributed by atoms with Crippen LogP contribution in [-0.2, 0) is 14.8 Å². The molecule has 1 atom stereocenters. The lowest BCUT2D eigenvalue weighted by Crippen LogP contribution is -2.48. The van der Waals surface area contributed by atoms with Crippen molar-refractivity contribution in [3.8, 4) is 0 Å². The molecule has 5 N–H and O–H groups in total. The zero-order chi connectivity index (χ0) is 23.7. The number of nitrogens with one attached hydrogen (secondary N) is 4. The Morgan fingerprint density at radius 3 is 2.33 bits per heavy atom. The van der Waals surface area contributed by atoms with Crippen LogP contribution in [0, 0.1) is 5.92 Å². The number of rotatable bonds is 11. The second-order valence-electron chi connectivity index (χ2n) is 8.02. The number of carboxylic acid groups (broad SMARTS) is 1. The van der Waals surface area contributed by atoms with Crippen LogP contribution in [-0.4, -0.2) is 57.6 Å². The van der Waals surface area contributed by atoms with Crippen molar-refractivity contribution in [1.29, 1.82) is 0 Å². The van der Waals surface area contributed by atoms with Crippen molar-refractivity contribution in [2.45, 2.75) is 30.2 Å². The van der Waals surface area contributed by atoms with Crippen LogP contribution in [0.4, 0.5) is 5.69 Å². The first-order valence-corrected chi connectivity index (χ1v) is 12.5. The van der Waals surface area contributed by atoms with Gasteiger partial charge >= 0.3 is 5.97 Å². The lowest BCUT2D eigenvalue weighted by atomic mass is 9.95. The topological polar surface area (TPSA) is 137 Å². The Bertz CT molecular complexity index is 1020. The van der Waals surface area contributed by atoms with Gasteiger partial charge in [-0.1, -0.05) is 18.2 Å². The SMILES string of the molecule is O=C(NC[C@H](NS(=O)(=O)c1ccccc1)C(=O)O)c1ccc(NCCC2CCNCC2)cc1. The number of hydrogen-bond donors (Lipinski definition) is 5. The van der Waals surface area contributed by atoms with Crippen LogP contribution in [0.5, 0.6) is 0 Å². The molecule has 1 heterocycles. The van der Waals surface area contributed by atoms with Crippen LogP contribution in [0.3, 0.4) is 0 Å². The van der Waals surface area contributed by atoms with Gasteiger partial charge in [-0.2, -0.15) is 4.72 Å². The highest BCUT2D eigenvalue weighted by atomic mass is 32.2. The van der Waals surface area contributed by atoms with Gasteiger partial charge in [0.1, 0.15) is 6.04 Å². The summed E-state index contributed by atoms with van der Waals surface area (Å²) in [5.41, 5.74) is 1.26. The highest BCUT2D eigenvalue weighted by molar-refractivity contribution is 7.89. The smallest absolute Gasteiger partial charge is 0.323 e. The predicted octanol–water partition coefficient (Wildman–Crippen LogP) is 1.65. The molecule has 0 radical (unpaired) electrons. The summed E-state index contributed by atoms with van der Waals surface area (Å²) in [6, 6.07) is 12.8. The first-order chi connectivity index (χ1) is 15.8. The van der Waals surface area contributed by atoms with Crippen molar-refractivity contribution in [2.24, 2.45) is 5.92 Å². The van der Waals surface area contributed by atoms with E-state index in [1.165, 1.54) is 37.1 Å². The second-order valence-corrected chi connectivity index (χ2v) is 9.74. The fraction of sp³-hybridized carbons (Fsp3) is 0.391. The Morgan fingerprint density at radius 2 is 1.70 bits per heavy atom. The molecule has 2 aromatic carbocycles. The summed E-state index contributed by atoms with van der Waals surface area (Å²) in [7, 11) is -4.03. The third kappa shape index (κ3) is 7.55. The fourth-order valence-electron chi connectivity index (χ4n) is 3.66. The molecule has 3 rings (SSSR count). The van der Waals surface area contributed by atoms with Gasteiger partial charge in [-0.05, 0) is 74.7 Å². The largest absolute Gasteiger partial charge is 0.480 e. The number of sulfonamides is 1. The molecule has 0 saturated carbocycles. The molecule has 9 nitrogen and oxygen atoms in total. The molecule has 2 aromatic rings. The first-order valence-electron chi connectivity index (χ1n) is 11.0. The summed E-state index contributed by atoms with van der Waals surface area (Å²) >= 11 is 0. The maximum atomic E-state index is 12.4. The van der Waals surface area contributed by atoms with E-state index in [2.05, 4.69) is 20.7 Å². The van der Waals surface area contributed by atoms with Crippen LogP contribution in [0.2, 0.25) is 0 Å². The van der Waals surface area contributed by atoms with Crippen molar-refractivity contribution in [2.75, 3.05) is 31.5 Å². The van der Waals surface area contributed by atoms with E-state index in [-0.39, 0.29) is 4.90 Å². The average molecular weight is 475 g/mol. The summed E-state index contributed by atoms with van der Waals surface area (Å²) in [5, 5.41) is 18.6. The molecule has 1 saturated heterocycles. The van der Waals surface area contributed by atoms with Crippen molar-refractivity contribution < 1.29 is 23.1 Å². The minimum Gasteiger partial charge on any atom is -0.480 e. The van der Waals surface area contributed by atoms with Gasteiger partial charge in [-0.25, -0.2) is 8.42 Å². The normalized spacial score (nSPS) is 15.5. The molecule has 1 aliphatic rings. The maximum absolute atomic E-state index is 12.4. The molecular formula is C23H30N4O5S. The molecule has 33 heavy (non-hydrogen) atoms. The van der Waals surface area contributed by atoms with Gasteiger partial charge in [-0.15, -0.1) is 0 Å². The van der Waals surface area contributed by atoms with E-state index in [1.807, 2.05) is 0 Å². The van der Waals surface area contributed by atoms with E-state index in [9.17, 15) is 23.1 Å². The van der Waals surface area contributed by atoms with Crippen LogP contribution in [0.15, 0.2) is 59.5 Å². The third-order valence-corrected chi connectivity index (χ3v) is 7.09. The summed E-state index contributed by atoms with van der Waals surface area (Å²) in [4.78, 5) is 23.9. The highest BCUT2D eigenvalue weighted by Crippen LogP contribution is 2.17. The van der Waals surface area contributed by atoms with Crippen molar-refractivity contribution in [3.05, 3.63) is 60.2 Å². The van der Waals surface area contributed by atoms with Crippen molar-refractivity contribution in [3.63, 3.8) is 0 Å². The molecule has 1 amide bonds. The quantitative estimate of drug-likeness (QED) is 0.334. The van der Waals surface area contributed by atoms with Gasteiger partial charge in [0, 0.05) is 24.3 Å². The van der Waals surface area contributed by atoms with Gasteiger partial charge in [0.15, 0.2) is 0 Å². The Morgan fingerprint density at radius 1 is 1.03 bits per heavy atom. The minimum absolute atomic E-state index is 0.0502. The fourth-order valence-corrected chi connectivity index (χ4v) is 4.87. The average Bonchev–Trinajstić information content (AvgIpc) is 2.83. The molecule has 0 aliphatic carbocycles. The molecule has 1 aliphatic heterocycles. The summed E-state index contributed by atoms with van der Waals surface area (Å²) in [6.45, 7) is 2.62. The Hall–Kier alpha value is -2.95. The highest BCUT2D eigenvalue weighted by Gasteiger charge is 2.26. The van der Waals surface area contributed by atoms with Crippen LogP contribution in [0.25, 0.3) is 0 Å². The number of aliphatic carboxylic acids is 1. The Kier molecular flexibility index (Phi) is 8.81. The number of benzene rings is 2. The van der Waals surface area contributed by atoms with Gasteiger partial charge in [0.25, 0.3) is 5.91 Å². The summed E-state index contributed by atoms with van der Waals surface area (Å²) in [5.74, 6) is -1.14. The first kappa shape index (κ1) is 24.7. The van der Waals surface area contributed by atoms with Crippen LogP contribution < -0.4 is 20.7 Å². The number of anilines is 1. The number of carbonyl (C=O) groups is 2. The van der Waals surface area contributed by atoms with Crippen molar-refractivity contribution >= 4 is 27.6 Å². The molecular weight excluding hydrogens is 444 g/mol. The van der Waals surface area contributed by atoms with Gasteiger partial charge in [-0.3, -0.25) is 9.59 Å². The zero-order valence-corrected chi connectivity index (χ0v) is 19.1. The third-order valence-electron chi connectivity index (χ3n) is 5.60. The minimum atomic E-state index is -4.03. The number of carbonyl (C=O) groups excluding carboxylic acids is 1. The van der Waals surface area contributed by atoms with E-state index in [1.54, 1.807) is 30.3 Å². The summed E-state index contributed by atoms with van der Waals surface area (Å²) < 4.78 is 26.9. The number of carboxylic acids is 1. The molecule has 0 unspecified atom stereocenters. The van der Waals surface area contributed by atoms with Gasteiger partial charge in [0.2, 0.25) is 10.0 Å². The lowest BCUT2D eigenvalue weighted by molar-refractivity contribution is -0.138. The van der Waals surface area contributed by atoms with Crippen molar-refractivity contribution in [1.82, 2.24) is 15.4 Å². The molecule has 0 spiro atoms. The molecule has 178 valence electrons. The monoisotopic (exact) mass is 474 g/mol. The van der Waals surface area contributed by atoms with E-state index in [0.717, 1.165) is 37.7 Å². The van der Waals surface area contributed by atoms with Crippen LogP contribution in [0.1, 0.15) is 29.6 Å². The summed E-state index contributed by atoms with van der Waals surface area (Å²) in [6.07, 6.45) is 3.48. The lowest BCUT2D eigenvalue weighted by Gasteiger charge is -2.22. The number of hydrogen-bond acceptors (Lipinski definition) is 6. The van der Waals surface area contributed by atoms with E-state index in [0.29, 0.717) is 5.56 Å². The van der Waals surface area contributed by atoms with E-state index in [4.69, 9.17) is 0 Å². The van der Waals surface area contributed by atoms with Gasteiger partial charge < -0.3 is 21.1 Å². The standard InChI is InChI=1S/C23H30N4O5S/c28-22(18-6-8-19(9-7-18)25-15-12-17-10-13-24-14-11-17)26-16-21(23(29)30)27-33(31,32)20-4-2-1-3-5-20/h1-9,17,21,24-25,27H,10-16H2,(H,26,28)(H,29,30)/t21-/m0/s1. The Labute approximate surface area is 194 Å². The zero-order valence-electron chi connectivity index (χ0n) is 18.3. The molecule has 0 aromatic heterocycles. The molecule has 0 bridgehead atoms. The van der Waals surface area contributed by atoms with Crippen LogP contribution >= 0.6 is 0 Å². The predicted molar refractivity (Wildman–Crippen MR) is 126 cm³/mol. The second kappa shape index (κ2) is 11.8. The maximum Gasteiger partial charge on any atom is 0.323 e. The number of piperidine rings is 1. The molecule has 1 fully saturated rings. The van der Waals surface area contributed by atoms with E-state index < -0.39 is 34.5 Å². The van der Waals surface area contributed by atoms with E-state index >= 15 is 0 Å². The molecule has 10 heteroatoms. The number of amides is 1. The Balaban J connectivity index is 1.49.